The summed E-state index contributed by atoms with van der Waals surface area (Å²) in [4.78, 5) is 12.7. The summed E-state index contributed by atoms with van der Waals surface area (Å²) >= 11 is 0. The number of rotatable bonds is 6. The van der Waals surface area contributed by atoms with E-state index in [1.165, 1.54) is 6.07 Å². The van der Waals surface area contributed by atoms with Crippen LogP contribution in [-0.4, -0.2) is 4.57 Å². The molecule has 0 aliphatic heterocycles. The number of nitrogens with zero attached hydrogens (tertiary/aromatic N) is 1. The Morgan fingerprint density at radius 2 is 1.83 bits per heavy atom. The molecule has 1 aromatic carbocycles. The highest BCUT2D eigenvalue weighted by Crippen LogP contribution is 2.31. The van der Waals surface area contributed by atoms with Crippen molar-refractivity contribution in [2.75, 3.05) is 0 Å². The highest BCUT2D eigenvalue weighted by Gasteiger charge is 2.30. The molecule has 0 fully saturated rings. The number of hydrogen-bond acceptors (Lipinski definition) is 1. The van der Waals surface area contributed by atoms with Crippen LogP contribution in [0, 0.1) is 0 Å². The number of hydrogen-bond donors (Lipinski definition) is 0. The van der Waals surface area contributed by atoms with Gasteiger partial charge < -0.3 is 4.57 Å². The maximum absolute atomic E-state index is 12.9. The third-order valence-electron chi connectivity index (χ3n) is 4.03. The number of aromatic nitrogens is 1. The van der Waals surface area contributed by atoms with Crippen LogP contribution in [0.25, 0.3) is 11.1 Å². The van der Waals surface area contributed by atoms with Gasteiger partial charge in [-0.1, -0.05) is 38.3 Å². The molecule has 0 bridgehead atoms. The van der Waals surface area contributed by atoms with Crippen molar-refractivity contribution < 1.29 is 13.2 Å². The molecule has 2 aromatic rings. The first-order chi connectivity index (χ1) is 11.3. The molecule has 0 N–H and O–H groups in total. The zero-order valence-electron chi connectivity index (χ0n) is 14.0. The SMILES string of the molecule is CCCCCCc1cn(C)cc(-c2cccc(C(F)(F)F)c2)c1=O. The molecule has 2 rings (SSSR count). The minimum Gasteiger partial charge on any atom is -0.356 e. The Hall–Kier alpha value is -2.04. The standard InChI is InChI=1S/C19H22F3NO/c1-3-4-5-6-8-15-12-23(2)13-17(18(15)24)14-9-7-10-16(11-14)19(20,21)22/h7,9-13H,3-6,8H2,1-2H3. The van der Waals surface area contributed by atoms with E-state index in [-0.39, 0.29) is 5.43 Å². The highest BCUT2D eigenvalue weighted by atomic mass is 19.4. The van der Waals surface area contributed by atoms with E-state index in [0.717, 1.165) is 37.8 Å². The zero-order chi connectivity index (χ0) is 17.7. The van der Waals surface area contributed by atoms with Crippen LogP contribution in [-0.2, 0) is 19.6 Å². The topological polar surface area (TPSA) is 22.0 Å². The summed E-state index contributed by atoms with van der Waals surface area (Å²) in [6.07, 6.45) is 3.79. The van der Waals surface area contributed by atoms with E-state index in [2.05, 4.69) is 6.92 Å². The van der Waals surface area contributed by atoms with E-state index in [0.29, 0.717) is 23.1 Å². The van der Waals surface area contributed by atoms with Crippen molar-refractivity contribution in [2.24, 2.45) is 7.05 Å². The lowest BCUT2D eigenvalue weighted by Gasteiger charge is -2.11. The average Bonchev–Trinajstić information content (AvgIpc) is 2.53. The van der Waals surface area contributed by atoms with Gasteiger partial charge in [0.25, 0.3) is 0 Å². The summed E-state index contributed by atoms with van der Waals surface area (Å²) in [5, 5.41) is 0. The molecule has 0 saturated heterocycles. The normalized spacial score (nSPS) is 11.7. The van der Waals surface area contributed by atoms with Crippen LogP contribution in [0.5, 0.6) is 0 Å². The van der Waals surface area contributed by atoms with E-state index < -0.39 is 11.7 Å². The van der Waals surface area contributed by atoms with Crippen molar-refractivity contribution in [1.29, 1.82) is 0 Å². The quantitative estimate of drug-likeness (QED) is 0.665. The molecule has 0 unspecified atom stereocenters. The number of alkyl halides is 3. The second-order valence-corrected chi connectivity index (χ2v) is 6.08. The molecule has 0 radical (unpaired) electrons. The monoisotopic (exact) mass is 337 g/mol. The van der Waals surface area contributed by atoms with Crippen LogP contribution in [0.4, 0.5) is 13.2 Å². The Bertz CT molecular complexity index is 747. The molecule has 1 aromatic heterocycles. The van der Waals surface area contributed by atoms with Gasteiger partial charge in [-0.3, -0.25) is 4.79 Å². The maximum Gasteiger partial charge on any atom is 0.416 e. The van der Waals surface area contributed by atoms with Gasteiger partial charge in [0.2, 0.25) is 0 Å². The molecule has 0 amide bonds. The van der Waals surface area contributed by atoms with Crippen LogP contribution in [0.1, 0.15) is 43.7 Å². The van der Waals surface area contributed by atoms with Crippen LogP contribution < -0.4 is 5.43 Å². The van der Waals surface area contributed by atoms with Gasteiger partial charge in [0.15, 0.2) is 5.43 Å². The predicted octanol–water partition coefficient (Wildman–Crippen LogP) is 5.19. The van der Waals surface area contributed by atoms with Crippen molar-refractivity contribution in [3.8, 4) is 11.1 Å². The lowest BCUT2D eigenvalue weighted by Crippen LogP contribution is -2.15. The van der Waals surface area contributed by atoms with Crippen molar-refractivity contribution in [2.45, 2.75) is 45.2 Å². The molecule has 2 nitrogen and oxygen atoms in total. The Kier molecular flexibility index (Phi) is 5.86. The van der Waals surface area contributed by atoms with E-state index in [1.54, 1.807) is 30.1 Å². The molecule has 0 aliphatic rings. The Balaban J connectivity index is 2.37. The van der Waals surface area contributed by atoms with Gasteiger partial charge in [-0.25, -0.2) is 0 Å². The lowest BCUT2D eigenvalue weighted by molar-refractivity contribution is -0.137. The number of benzene rings is 1. The van der Waals surface area contributed by atoms with Crippen LogP contribution in [0.15, 0.2) is 41.5 Å². The number of pyridine rings is 1. The second kappa shape index (κ2) is 7.69. The first-order valence-corrected chi connectivity index (χ1v) is 8.19. The van der Waals surface area contributed by atoms with Gasteiger partial charge in [-0.15, -0.1) is 0 Å². The second-order valence-electron chi connectivity index (χ2n) is 6.08. The van der Waals surface area contributed by atoms with Crippen molar-refractivity contribution in [3.63, 3.8) is 0 Å². The molecule has 24 heavy (non-hydrogen) atoms. The number of halogens is 3. The smallest absolute Gasteiger partial charge is 0.356 e. The van der Waals surface area contributed by atoms with Gasteiger partial charge in [-0.2, -0.15) is 13.2 Å². The number of unbranched alkanes of at least 4 members (excludes halogenated alkanes) is 3. The van der Waals surface area contributed by atoms with E-state index in [4.69, 9.17) is 0 Å². The molecule has 0 atom stereocenters. The largest absolute Gasteiger partial charge is 0.416 e. The van der Waals surface area contributed by atoms with Gasteiger partial charge >= 0.3 is 6.18 Å². The van der Waals surface area contributed by atoms with Gasteiger partial charge in [-0.05, 0) is 30.5 Å². The fraction of sp³-hybridized carbons (Fsp3) is 0.421. The Labute approximate surface area is 139 Å². The fourth-order valence-electron chi connectivity index (χ4n) is 2.77. The summed E-state index contributed by atoms with van der Waals surface area (Å²) in [6, 6.07) is 4.94. The Morgan fingerprint density at radius 1 is 1.08 bits per heavy atom. The van der Waals surface area contributed by atoms with Crippen LogP contribution in [0.2, 0.25) is 0 Å². The first kappa shape index (κ1) is 18.3. The number of aryl methyl sites for hydroxylation is 2. The molecular formula is C19H22F3NO. The third kappa shape index (κ3) is 4.49. The summed E-state index contributed by atoms with van der Waals surface area (Å²) in [5.41, 5.74) is 0.361. The summed E-state index contributed by atoms with van der Waals surface area (Å²) in [7, 11) is 1.78. The molecular weight excluding hydrogens is 315 g/mol. The maximum atomic E-state index is 12.9. The van der Waals surface area contributed by atoms with Crippen LogP contribution >= 0.6 is 0 Å². The summed E-state index contributed by atoms with van der Waals surface area (Å²) in [5.74, 6) is 0. The van der Waals surface area contributed by atoms with E-state index in [1.807, 2.05) is 0 Å². The summed E-state index contributed by atoms with van der Waals surface area (Å²) in [6.45, 7) is 2.12. The third-order valence-corrected chi connectivity index (χ3v) is 4.03. The Morgan fingerprint density at radius 3 is 2.50 bits per heavy atom. The molecule has 1 heterocycles. The predicted molar refractivity (Wildman–Crippen MR) is 90.0 cm³/mol. The van der Waals surface area contributed by atoms with Crippen molar-refractivity contribution in [1.82, 2.24) is 4.57 Å². The van der Waals surface area contributed by atoms with Crippen LogP contribution in [0.3, 0.4) is 0 Å². The molecule has 0 aliphatic carbocycles. The van der Waals surface area contributed by atoms with Crippen molar-refractivity contribution >= 4 is 0 Å². The zero-order valence-corrected chi connectivity index (χ0v) is 14.0. The highest BCUT2D eigenvalue weighted by molar-refractivity contribution is 5.64. The van der Waals surface area contributed by atoms with Crippen molar-refractivity contribution in [3.05, 3.63) is 58.0 Å². The summed E-state index contributed by atoms with van der Waals surface area (Å²) < 4.78 is 40.4. The average molecular weight is 337 g/mol. The minimum atomic E-state index is -4.42. The van der Waals surface area contributed by atoms with E-state index in [9.17, 15) is 18.0 Å². The van der Waals surface area contributed by atoms with Gasteiger partial charge in [0, 0.05) is 30.6 Å². The fourth-order valence-corrected chi connectivity index (χ4v) is 2.77. The van der Waals surface area contributed by atoms with Gasteiger partial charge in [0.1, 0.15) is 0 Å². The molecule has 0 spiro atoms. The lowest BCUT2D eigenvalue weighted by atomic mass is 10.00. The molecule has 5 heteroatoms. The molecule has 0 saturated carbocycles. The minimum absolute atomic E-state index is 0.177. The van der Waals surface area contributed by atoms with E-state index >= 15 is 0 Å². The molecule has 130 valence electrons. The van der Waals surface area contributed by atoms with Gasteiger partial charge in [0.05, 0.1) is 5.56 Å². The first-order valence-electron chi connectivity index (χ1n) is 8.19.